The molecule has 6 bridgehead atoms. The highest BCUT2D eigenvalue weighted by Gasteiger charge is 2.54. The van der Waals surface area contributed by atoms with E-state index in [0.717, 1.165) is 25.7 Å². The third-order valence-electron chi connectivity index (χ3n) is 7.19. The number of aliphatic hydroxyl groups excluding tert-OH is 1. The minimum absolute atomic E-state index is 0.214. The molecule has 42 heavy (non-hydrogen) atoms. The number of para-hydroxylation sites is 1. The van der Waals surface area contributed by atoms with Gasteiger partial charge in [0, 0.05) is 0 Å². The standard InChI is InChI=1S/C27H36N5O9P/c1-18-25(34)38-14-10-5-3-4-9-13-37-24-21-23(28-16-29-24)32(17-30-21)26-27(2,35)22(33)20(40-26)15-39-42(36,31-18)41-19-11-7-6-8-12-19/h6-8,11-12,16-18,20,22,26,33,35H,3-5,9-10,13-15H2,1-2H3,(H,31,36)/t18-,20-,22-,26-,27-,42?/m1/s1. The Balaban J connectivity index is 1.42. The first-order chi connectivity index (χ1) is 20.2. The fraction of sp³-hybridized carbons (Fsp3) is 0.556. The second-order valence-corrected chi connectivity index (χ2v) is 12.2. The van der Waals surface area contributed by atoms with Gasteiger partial charge in [-0.05, 0) is 38.8 Å². The van der Waals surface area contributed by atoms with Crippen molar-refractivity contribution in [3.63, 3.8) is 0 Å². The van der Waals surface area contributed by atoms with Gasteiger partial charge in [-0.3, -0.25) is 13.9 Å². The number of esters is 1. The lowest BCUT2D eigenvalue weighted by molar-refractivity contribution is -0.145. The van der Waals surface area contributed by atoms with E-state index in [1.54, 1.807) is 30.3 Å². The largest absolute Gasteiger partial charge is 0.476 e. The van der Waals surface area contributed by atoms with Crippen LogP contribution in [0.5, 0.6) is 11.6 Å². The van der Waals surface area contributed by atoms with E-state index in [2.05, 4.69) is 20.0 Å². The quantitative estimate of drug-likeness (QED) is 0.287. The molecule has 14 nitrogen and oxygen atoms in total. The maximum Gasteiger partial charge on any atom is 0.459 e. The summed E-state index contributed by atoms with van der Waals surface area (Å²) in [4.78, 5) is 25.6. The fourth-order valence-corrected chi connectivity index (χ4v) is 6.36. The lowest BCUT2D eigenvalue weighted by atomic mass is 9.96. The third kappa shape index (κ3) is 6.74. The summed E-state index contributed by atoms with van der Waals surface area (Å²) in [5, 5.41) is 25.0. The number of nitrogens with zero attached hydrogens (tertiary/aromatic N) is 4. The highest BCUT2D eigenvalue weighted by Crippen LogP contribution is 2.47. The molecule has 1 unspecified atom stereocenters. The van der Waals surface area contributed by atoms with Crippen LogP contribution in [0.4, 0.5) is 0 Å². The number of hydrogen-bond acceptors (Lipinski definition) is 12. The van der Waals surface area contributed by atoms with Crippen molar-refractivity contribution in [2.75, 3.05) is 19.8 Å². The van der Waals surface area contributed by atoms with Crippen molar-refractivity contribution in [2.45, 2.75) is 76.0 Å². The maximum atomic E-state index is 13.9. The molecular formula is C27H36N5O9P. The first-order valence-corrected chi connectivity index (χ1v) is 15.5. The highest BCUT2D eigenvalue weighted by atomic mass is 31.2. The SMILES string of the molecule is C[C@H]1NP(=O)(Oc2ccccc2)OC[C@H]2O[C@@H](n3cnc4c(ncnc43)OCCCCCCCOC1=O)[C@](C)(O)[C@@H]2O. The Morgan fingerprint density at radius 1 is 1.07 bits per heavy atom. The zero-order valence-corrected chi connectivity index (χ0v) is 24.4. The molecule has 5 rings (SSSR count). The van der Waals surface area contributed by atoms with Gasteiger partial charge in [0.1, 0.15) is 35.9 Å². The van der Waals surface area contributed by atoms with Gasteiger partial charge in [-0.15, -0.1) is 0 Å². The van der Waals surface area contributed by atoms with Crippen molar-refractivity contribution in [3.05, 3.63) is 43.0 Å². The Morgan fingerprint density at radius 3 is 2.55 bits per heavy atom. The number of carbonyl (C=O) groups is 1. The Bertz CT molecular complexity index is 1410. The average molecular weight is 606 g/mol. The van der Waals surface area contributed by atoms with Crippen molar-refractivity contribution >= 4 is 24.9 Å². The predicted octanol–water partition coefficient (Wildman–Crippen LogP) is 2.90. The van der Waals surface area contributed by atoms with E-state index >= 15 is 0 Å². The van der Waals surface area contributed by atoms with Gasteiger partial charge in [0.15, 0.2) is 17.4 Å². The summed E-state index contributed by atoms with van der Waals surface area (Å²) in [5.74, 6) is -0.0859. The zero-order chi connectivity index (χ0) is 29.7. The summed E-state index contributed by atoms with van der Waals surface area (Å²) in [6.07, 6.45) is 3.17. The predicted molar refractivity (Wildman–Crippen MR) is 149 cm³/mol. The zero-order valence-electron chi connectivity index (χ0n) is 23.5. The normalized spacial score (nSPS) is 32.0. The van der Waals surface area contributed by atoms with Gasteiger partial charge in [-0.1, -0.05) is 37.5 Å². The summed E-state index contributed by atoms with van der Waals surface area (Å²) in [7, 11) is -4.22. The number of cyclic esters (lactones) is 1. The Hall–Kier alpha value is -3.13. The second kappa shape index (κ2) is 13.0. The van der Waals surface area contributed by atoms with Gasteiger partial charge >= 0.3 is 13.7 Å². The first kappa shape index (κ1) is 30.3. The van der Waals surface area contributed by atoms with Crippen LogP contribution < -0.4 is 14.3 Å². The number of rotatable bonds is 2. The first-order valence-electron chi connectivity index (χ1n) is 14.0. The van der Waals surface area contributed by atoms with Gasteiger partial charge in [0.2, 0.25) is 5.88 Å². The van der Waals surface area contributed by atoms with Gasteiger partial charge in [-0.2, -0.15) is 10.1 Å². The number of imidazole rings is 1. The van der Waals surface area contributed by atoms with Crippen molar-refractivity contribution in [2.24, 2.45) is 0 Å². The summed E-state index contributed by atoms with van der Waals surface area (Å²) in [6, 6.07) is 7.28. The topological polar surface area (TPSA) is 176 Å². The van der Waals surface area contributed by atoms with Crippen LogP contribution in [-0.4, -0.2) is 79.4 Å². The number of aliphatic hydroxyl groups is 2. The van der Waals surface area contributed by atoms with E-state index in [-0.39, 0.29) is 12.4 Å². The third-order valence-corrected chi connectivity index (χ3v) is 8.83. The number of carbonyl (C=O) groups excluding carboxylic acids is 1. The van der Waals surface area contributed by atoms with Crippen LogP contribution in [-0.2, 0) is 23.4 Å². The van der Waals surface area contributed by atoms with Gasteiger partial charge in [0.25, 0.3) is 0 Å². The number of fused-ring (bicyclic) bond motifs is 3. The molecule has 1 fully saturated rings. The molecule has 4 heterocycles. The maximum absolute atomic E-state index is 13.9. The smallest absolute Gasteiger partial charge is 0.459 e. The molecule has 2 aliphatic heterocycles. The van der Waals surface area contributed by atoms with E-state index in [1.165, 1.54) is 31.1 Å². The number of ether oxygens (including phenoxy) is 3. The minimum Gasteiger partial charge on any atom is -0.476 e. The van der Waals surface area contributed by atoms with Crippen LogP contribution in [0.25, 0.3) is 11.2 Å². The Morgan fingerprint density at radius 2 is 1.79 bits per heavy atom. The molecule has 15 heteroatoms. The lowest BCUT2D eigenvalue weighted by Gasteiger charge is -2.27. The van der Waals surface area contributed by atoms with Crippen LogP contribution in [0.15, 0.2) is 43.0 Å². The van der Waals surface area contributed by atoms with Crippen LogP contribution >= 0.6 is 7.75 Å². The molecule has 0 aliphatic carbocycles. The summed E-state index contributed by atoms with van der Waals surface area (Å²) < 4.78 is 44.0. The van der Waals surface area contributed by atoms with Crippen LogP contribution in [0, 0.1) is 0 Å². The lowest BCUT2D eigenvalue weighted by Crippen LogP contribution is -2.44. The summed E-state index contributed by atoms with van der Waals surface area (Å²) >= 11 is 0. The second-order valence-electron chi connectivity index (χ2n) is 10.5. The highest BCUT2D eigenvalue weighted by molar-refractivity contribution is 7.52. The van der Waals surface area contributed by atoms with Crippen molar-refractivity contribution in [3.8, 4) is 11.6 Å². The Labute approximate surface area is 242 Å². The summed E-state index contributed by atoms with van der Waals surface area (Å²) in [5.41, 5.74) is -1.10. The van der Waals surface area contributed by atoms with E-state index in [4.69, 9.17) is 23.3 Å². The van der Waals surface area contributed by atoms with Gasteiger partial charge in [-0.25, -0.2) is 14.5 Å². The number of benzene rings is 1. The number of nitrogens with one attached hydrogen (secondary N) is 1. The molecule has 3 N–H and O–H groups in total. The number of aromatic nitrogens is 4. The van der Waals surface area contributed by atoms with E-state index < -0.39 is 50.4 Å². The minimum atomic E-state index is -4.22. The van der Waals surface area contributed by atoms with Crippen molar-refractivity contribution in [1.82, 2.24) is 24.6 Å². The molecule has 1 aromatic carbocycles. The average Bonchev–Trinajstić information content (AvgIpc) is 3.49. The van der Waals surface area contributed by atoms with Gasteiger partial charge < -0.3 is 28.9 Å². The molecule has 3 aromatic rings. The molecule has 0 saturated carbocycles. The molecule has 0 radical (unpaired) electrons. The molecular weight excluding hydrogens is 569 g/mol. The van der Waals surface area contributed by atoms with E-state index in [0.29, 0.717) is 30.1 Å². The van der Waals surface area contributed by atoms with Crippen LogP contribution in [0.2, 0.25) is 0 Å². The molecule has 2 aliphatic rings. The molecule has 0 amide bonds. The van der Waals surface area contributed by atoms with Crippen molar-refractivity contribution < 1.29 is 42.8 Å². The molecule has 6 atom stereocenters. The monoisotopic (exact) mass is 605 g/mol. The van der Waals surface area contributed by atoms with Gasteiger partial charge in [0.05, 0.1) is 26.1 Å². The van der Waals surface area contributed by atoms with E-state index in [1.807, 2.05) is 0 Å². The summed E-state index contributed by atoms with van der Waals surface area (Å²) in [6.45, 7) is 3.09. The van der Waals surface area contributed by atoms with E-state index in [9.17, 15) is 19.6 Å². The fourth-order valence-electron chi connectivity index (χ4n) is 4.86. The number of hydrogen-bond donors (Lipinski definition) is 3. The van der Waals surface area contributed by atoms with Crippen molar-refractivity contribution in [1.29, 1.82) is 0 Å². The molecule has 228 valence electrons. The molecule has 1 saturated heterocycles. The molecule has 0 spiro atoms. The Kier molecular flexibility index (Phi) is 9.41. The van der Waals surface area contributed by atoms with Crippen LogP contribution in [0.1, 0.15) is 52.2 Å². The molecule has 2 aromatic heterocycles. The van der Waals surface area contributed by atoms with Crippen LogP contribution in [0.3, 0.4) is 0 Å².